The zero-order valence-corrected chi connectivity index (χ0v) is 18.1. The Labute approximate surface area is 177 Å². The summed E-state index contributed by atoms with van der Waals surface area (Å²) < 4.78 is 38.4. The fourth-order valence-corrected chi connectivity index (χ4v) is 4.05. The quantitative estimate of drug-likeness (QED) is 0.387. The molecule has 0 unspecified atom stereocenters. The van der Waals surface area contributed by atoms with E-state index in [4.69, 9.17) is 9.47 Å². The fraction of sp³-hybridized carbons (Fsp3) is 0.0952. The highest BCUT2D eigenvalue weighted by molar-refractivity contribution is 9.10. The largest absolute Gasteiger partial charge is 0.497 e. The number of ether oxygens (including phenoxy) is 2. The van der Waals surface area contributed by atoms with Crippen LogP contribution in [0.25, 0.3) is 0 Å². The molecule has 0 saturated heterocycles. The predicted molar refractivity (Wildman–Crippen MR) is 114 cm³/mol. The van der Waals surface area contributed by atoms with Crippen LogP contribution in [0.3, 0.4) is 0 Å². The number of sulfonamides is 1. The molecule has 150 valence electrons. The third kappa shape index (κ3) is 4.78. The van der Waals surface area contributed by atoms with Crippen LogP contribution in [0.1, 0.15) is 10.4 Å². The summed E-state index contributed by atoms with van der Waals surface area (Å²) >= 11 is 3.31. The van der Waals surface area contributed by atoms with E-state index in [2.05, 4.69) is 15.9 Å². The number of hydrogen-bond donors (Lipinski definition) is 0. The molecule has 3 rings (SSSR count). The average molecular weight is 476 g/mol. The fourth-order valence-electron chi connectivity index (χ4n) is 2.54. The zero-order valence-electron chi connectivity index (χ0n) is 15.7. The Balaban J connectivity index is 1.84. The van der Waals surface area contributed by atoms with Crippen LogP contribution in [0.2, 0.25) is 0 Å². The second kappa shape index (κ2) is 8.67. The zero-order chi connectivity index (χ0) is 21.0. The SMILES string of the molecule is COc1ccc(N(C)S(=O)(=O)c2cccc(C(=O)Oc3ccc(Br)cc3)c2)cc1. The molecule has 6 nitrogen and oxygen atoms in total. The van der Waals surface area contributed by atoms with Crippen molar-refractivity contribution in [2.75, 3.05) is 18.5 Å². The number of carbonyl (C=O) groups is 1. The molecule has 0 bridgehead atoms. The first-order chi connectivity index (χ1) is 13.8. The molecular weight excluding hydrogens is 458 g/mol. The number of methoxy groups -OCH3 is 1. The summed E-state index contributed by atoms with van der Waals surface area (Å²) in [5.74, 6) is 0.343. The number of carbonyl (C=O) groups excluding carboxylic acids is 1. The van der Waals surface area contributed by atoms with Gasteiger partial charge in [-0.3, -0.25) is 4.31 Å². The minimum absolute atomic E-state index is 0.0129. The van der Waals surface area contributed by atoms with Crippen molar-refractivity contribution < 1.29 is 22.7 Å². The minimum atomic E-state index is -3.87. The van der Waals surface area contributed by atoms with Crippen LogP contribution in [-0.4, -0.2) is 28.5 Å². The van der Waals surface area contributed by atoms with Crippen molar-refractivity contribution in [3.8, 4) is 11.5 Å². The first-order valence-electron chi connectivity index (χ1n) is 8.52. The standard InChI is InChI=1S/C21H18BrNO5S/c1-23(17-8-12-18(27-2)13-9-17)29(25,26)20-5-3-4-15(14-20)21(24)28-19-10-6-16(22)7-11-19/h3-14H,1-2H3. The third-order valence-corrected chi connectivity index (χ3v) is 6.50. The molecule has 0 fully saturated rings. The Morgan fingerprint density at radius 2 is 1.55 bits per heavy atom. The third-order valence-electron chi connectivity index (χ3n) is 4.19. The van der Waals surface area contributed by atoms with Gasteiger partial charge >= 0.3 is 5.97 Å². The molecule has 0 aliphatic rings. The van der Waals surface area contributed by atoms with Gasteiger partial charge in [-0.05, 0) is 66.7 Å². The summed E-state index contributed by atoms with van der Waals surface area (Å²) in [4.78, 5) is 12.4. The number of hydrogen-bond acceptors (Lipinski definition) is 5. The van der Waals surface area contributed by atoms with Gasteiger partial charge in [0.1, 0.15) is 11.5 Å². The summed E-state index contributed by atoms with van der Waals surface area (Å²) in [5, 5.41) is 0. The summed E-state index contributed by atoms with van der Waals surface area (Å²) in [6.07, 6.45) is 0. The van der Waals surface area contributed by atoms with Gasteiger partial charge < -0.3 is 9.47 Å². The molecule has 0 aromatic heterocycles. The van der Waals surface area contributed by atoms with E-state index in [0.29, 0.717) is 17.2 Å². The topological polar surface area (TPSA) is 72.9 Å². The molecular formula is C21H18BrNO5S. The van der Waals surface area contributed by atoms with Crippen molar-refractivity contribution >= 4 is 37.6 Å². The maximum absolute atomic E-state index is 13.0. The highest BCUT2D eigenvalue weighted by Crippen LogP contribution is 2.25. The lowest BCUT2D eigenvalue weighted by molar-refractivity contribution is 0.0734. The van der Waals surface area contributed by atoms with E-state index in [1.54, 1.807) is 48.5 Å². The number of benzene rings is 3. The molecule has 0 aliphatic carbocycles. The maximum Gasteiger partial charge on any atom is 0.343 e. The first kappa shape index (κ1) is 20.9. The van der Waals surface area contributed by atoms with Crippen LogP contribution in [0.4, 0.5) is 5.69 Å². The smallest absolute Gasteiger partial charge is 0.343 e. The van der Waals surface area contributed by atoms with E-state index < -0.39 is 16.0 Å². The Morgan fingerprint density at radius 1 is 0.931 bits per heavy atom. The number of halogens is 1. The first-order valence-corrected chi connectivity index (χ1v) is 10.8. The van der Waals surface area contributed by atoms with Crippen LogP contribution in [0.5, 0.6) is 11.5 Å². The van der Waals surface area contributed by atoms with E-state index >= 15 is 0 Å². The molecule has 3 aromatic carbocycles. The van der Waals surface area contributed by atoms with Crippen molar-refractivity contribution in [3.63, 3.8) is 0 Å². The molecule has 8 heteroatoms. The van der Waals surface area contributed by atoms with Gasteiger partial charge in [0.2, 0.25) is 0 Å². The molecule has 0 saturated carbocycles. The molecule has 0 amide bonds. The van der Waals surface area contributed by atoms with Gasteiger partial charge in [0.15, 0.2) is 0 Å². The summed E-state index contributed by atoms with van der Waals surface area (Å²) in [6.45, 7) is 0. The van der Waals surface area contributed by atoms with E-state index in [1.807, 2.05) is 0 Å². The highest BCUT2D eigenvalue weighted by atomic mass is 79.9. The number of anilines is 1. The van der Waals surface area contributed by atoms with Gasteiger partial charge in [0.05, 0.1) is 23.3 Å². The maximum atomic E-state index is 13.0. The Bertz CT molecular complexity index is 1110. The van der Waals surface area contributed by atoms with Gasteiger partial charge in [0, 0.05) is 11.5 Å². The molecule has 0 radical (unpaired) electrons. The molecule has 0 spiro atoms. The number of esters is 1. The molecule has 3 aromatic rings. The van der Waals surface area contributed by atoms with Crippen molar-refractivity contribution in [1.29, 1.82) is 0 Å². The Hall–Kier alpha value is -2.84. The van der Waals surface area contributed by atoms with Crippen molar-refractivity contribution in [1.82, 2.24) is 0 Å². The van der Waals surface area contributed by atoms with E-state index in [-0.39, 0.29) is 10.5 Å². The van der Waals surface area contributed by atoms with Crippen molar-refractivity contribution in [3.05, 3.63) is 82.8 Å². The van der Waals surface area contributed by atoms with Crippen molar-refractivity contribution in [2.24, 2.45) is 0 Å². The van der Waals surface area contributed by atoms with Crippen LogP contribution < -0.4 is 13.8 Å². The Kier molecular flexibility index (Phi) is 6.24. The summed E-state index contributed by atoms with van der Waals surface area (Å²) in [6, 6.07) is 19.1. The number of nitrogens with zero attached hydrogens (tertiary/aromatic N) is 1. The molecule has 0 heterocycles. The van der Waals surface area contributed by atoms with E-state index in [0.717, 1.165) is 8.78 Å². The lowest BCUT2D eigenvalue weighted by Gasteiger charge is -2.20. The normalized spacial score (nSPS) is 11.0. The van der Waals surface area contributed by atoms with Crippen LogP contribution in [-0.2, 0) is 10.0 Å². The average Bonchev–Trinajstić information content (AvgIpc) is 2.75. The van der Waals surface area contributed by atoms with Gasteiger partial charge in [-0.25, -0.2) is 13.2 Å². The predicted octanol–water partition coefficient (Wildman–Crippen LogP) is 4.50. The van der Waals surface area contributed by atoms with Gasteiger partial charge in [-0.15, -0.1) is 0 Å². The molecule has 0 atom stereocenters. The second-order valence-corrected chi connectivity index (χ2v) is 8.93. The van der Waals surface area contributed by atoms with Crippen LogP contribution in [0.15, 0.2) is 82.2 Å². The molecule has 0 N–H and O–H groups in total. The van der Waals surface area contributed by atoms with Crippen LogP contribution in [0, 0.1) is 0 Å². The summed E-state index contributed by atoms with van der Waals surface area (Å²) in [5.41, 5.74) is 0.603. The highest BCUT2D eigenvalue weighted by Gasteiger charge is 2.23. The lowest BCUT2D eigenvalue weighted by atomic mass is 10.2. The van der Waals surface area contributed by atoms with Gasteiger partial charge in [-0.1, -0.05) is 22.0 Å². The second-order valence-electron chi connectivity index (χ2n) is 6.04. The van der Waals surface area contributed by atoms with Crippen LogP contribution >= 0.6 is 15.9 Å². The van der Waals surface area contributed by atoms with Crippen molar-refractivity contribution in [2.45, 2.75) is 4.90 Å². The monoisotopic (exact) mass is 475 g/mol. The lowest BCUT2D eigenvalue weighted by Crippen LogP contribution is -2.26. The number of rotatable bonds is 6. The Morgan fingerprint density at radius 3 is 2.17 bits per heavy atom. The van der Waals surface area contributed by atoms with Gasteiger partial charge in [0.25, 0.3) is 10.0 Å². The molecule has 0 aliphatic heterocycles. The van der Waals surface area contributed by atoms with Gasteiger partial charge in [-0.2, -0.15) is 0 Å². The van der Waals surface area contributed by atoms with E-state index in [1.165, 1.54) is 38.4 Å². The minimum Gasteiger partial charge on any atom is -0.497 e. The summed E-state index contributed by atoms with van der Waals surface area (Å²) in [7, 11) is -0.883. The molecule has 29 heavy (non-hydrogen) atoms. The van der Waals surface area contributed by atoms with E-state index in [9.17, 15) is 13.2 Å².